The number of carbonyl (C=O) groups excluding carboxylic acids is 2. The van der Waals surface area contributed by atoms with Crippen molar-refractivity contribution < 1.29 is 14.3 Å². The molecule has 0 aromatic rings. The Morgan fingerprint density at radius 2 is 1.95 bits per heavy atom. The molecule has 1 aliphatic heterocycles. The van der Waals surface area contributed by atoms with Gasteiger partial charge in [-0.2, -0.15) is 0 Å². The summed E-state index contributed by atoms with van der Waals surface area (Å²) in [5, 5.41) is 0. The molecule has 2 fully saturated rings. The summed E-state index contributed by atoms with van der Waals surface area (Å²) in [6, 6.07) is -0.182. The van der Waals surface area contributed by atoms with Crippen LogP contribution in [0.4, 0.5) is 9.59 Å². The molecule has 19 heavy (non-hydrogen) atoms. The van der Waals surface area contributed by atoms with Crippen molar-refractivity contribution in [3.05, 3.63) is 0 Å². The second-order valence-electron chi connectivity index (χ2n) is 5.59. The summed E-state index contributed by atoms with van der Waals surface area (Å²) in [6.45, 7) is 4.09. The second-order valence-corrected chi connectivity index (χ2v) is 5.59. The number of rotatable bonds is 2. The summed E-state index contributed by atoms with van der Waals surface area (Å²) in [5.74, 6) is 0.419. The van der Waals surface area contributed by atoms with Crippen LogP contribution in [0.25, 0.3) is 0 Å². The summed E-state index contributed by atoms with van der Waals surface area (Å²) < 4.78 is 5.05. The minimum absolute atomic E-state index is 0.0307. The zero-order chi connectivity index (χ0) is 14.0. The lowest BCUT2D eigenvalue weighted by Gasteiger charge is -2.33. The fraction of sp³-hybridized carbons (Fsp3) is 0.857. The van der Waals surface area contributed by atoms with Crippen LogP contribution in [0.1, 0.15) is 46.0 Å². The average Bonchev–Trinajstić information content (AvgIpc) is 2.64. The van der Waals surface area contributed by atoms with Crippen molar-refractivity contribution in [2.24, 2.45) is 5.92 Å². The third-order valence-electron chi connectivity index (χ3n) is 4.51. The van der Waals surface area contributed by atoms with E-state index in [9.17, 15) is 9.59 Å². The molecule has 1 heterocycles. The minimum atomic E-state index is -0.487. The van der Waals surface area contributed by atoms with Gasteiger partial charge in [-0.1, -0.05) is 19.3 Å². The lowest BCUT2D eigenvalue weighted by molar-refractivity contribution is 0.0929. The molecule has 0 aromatic carbocycles. The number of hydrogen-bond donors (Lipinski definition) is 0. The van der Waals surface area contributed by atoms with Crippen molar-refractivity contribution in [3.63, 3.8) is 0 Å². The normalized spacial score (nSPS) is 28.9. The number of imide groups is 1. The van der Waals surface area contributed by atoms with Crippen molar-refractivity contribution in [1.29, 1.82) is 0 Å². The average molecular weight is 268 g/mol. The Bertz CT molecular complexity index is 353. The molecule has 2 atom stereocenters. The third kappa shape index (κ3) is 2.55. The van der Waals surface area contributed by atoms with E-state index >= 15 is 0 Å². The lowest BCUT2D eigenvalue weighted by atomic mass is 9.81. The molecular formula is C14H24N2O3. The van der Waals surface area contributed by atoms with Crippen LogP contribution in [0.15, 0.2) is 0 Å². The molecule has 0 spiro atoms. The zero-order valence-electron chi connectivity index (χ0n) is 12.1. The van der Waals surface area contributed by atoms with E-state index in [0.717, 1.165) is 12.8 Å². The Kier molecular flexibility index (Phi) is 4.32. The Morgan fingerprint density at radius 1 is 1.32 bits per heavy atom. The Balaban J connectivity index is 2.20. The molecule has 0 unspecified atom stereocenters. The van der Waals surface area contributed by atoms with E-state index in [1.807, 2.05) is 6.92 Å². The molecule has 1 saturated carbocycles. The Morgan fingerprint density at radius 3 is 2.53 bits per heavy atom. The molecule has 1 saturated heterocycles. The van der Waals surface area contributed by atoms with Crippen LogP contribution in [-0.4, -0.2) is 47.7 Å². The van der Waals surface area contributed by atoms with Gasteiger partial charge in [0.15, 0.2) is 0 Å². The van der Waals surface area contributed by atoms with Gasteiger partial charge < -0.3 is 9.64 Å². The summed E-state index contributed by atoms with van der Waals surface area (Å²) in [7, 11) is 1.77. The number of amides is 3. The summed E-state index contributed by atoms with van der Waals surface area (Å²) in [4.78, 5) is 27.3. The highest BCUT2D eigenvalue weighted by atomic mass is 16.6. The summed E-state index contributed by atoms with van der Waals surface area (Å²) >= 11 is 0. The highest BCUT2D eigenvalue weighted by molar-refractivity contribution is 5.93. The molecule has 2 rings (SSSR count). The quantitative estimate of drug-likeness (QED) is 0.773. The molecule has 1 aliphatic carbocycles. The van der Waals surface area contributed by atoms with Crippen LogP contribution in [0.2, 0.25) is 0 Å². The maximum absolute atomic E-state index is 12.2. The van der Waals surface area contributed by atoms with Crippen molar-refractivity contribution in [3.8, 4) is 0 Å². The predicted molar refractivity (Wildman–Crippen MR) is 71.8 cm³/mol. The number of urea groups is 1. The first-order valence-electron chi connectivity index (χ1n) is 7.30. The fourth-order valence-corrected chi connectivity index (χ4v) is 3.39. The molecule has 5 heteroatoms. The van der Waals surface area contributed by atoms with Crippen molar-refractivity contribution >= 4 is 12.1 Å². The lowest BCUT2D eigenvalue weighted by Crippen LogP contribution is -2.46. The molecule has 3 amide bonds. The van der Waals surface area contributed by atoms with E-state index < -0.39 is 6.09 Å². The van der Waals surface area contributed by atoms with Gasteiger partial charge in [-0.25, -0.2) is 14.5 Å². The largest absolute Gasteiger partial charge is 0.449 e. The first kappa shape index (κ1) is 14.2. The van der Waals surface area contributed by atoms with Gasteiger partial charge in [-0.05, 0) is 32.6 Å². The minimum Gasteiger partial charge on any atom is -0.449 e. The van der Waals surface area contributed by atoms with Crippen LogP contribution in [0.5, 0.6) is 0 Å². The Hall–Kier alpha value is -1.26. The standard InChI is InChI=1S/C14H24N2O3/c1-4-19-14(18)16-12(10(2)15(3)13(16)17)11-8-6-5-7-9-11/h10-12H,4-9H2,1-3H3/t10-,12-/m0/s1. The smallest absolute Gasteiger partial charge is 0.418 e. The van der Waals surface area contributed by atoms with Crippen LogP contribution < -0.4 is 0 Å². The van der Waals surface area contributed by atoms with E-state index in [-0.39, 0.29) is 18.1 Å². The van der Waals surface area contributed by atoms with E-state index in [1.165, 1.54) is 24.2 Å². The van der Waals surface area contributed by atoms with Crippen LogP contribution >= 0.6 is 0 Å². The van der Waals surface area contributed by atoms with Crippen molar-refractivity contribution in [2.75, 3.05) is 13.7 Å². The molecule has 5 nitrogen and oxygen atoms in total. The van der Waals surface area contributed by atoms with Gasteiger partial charge in [0.1, 0.15) is 0 Å². The number of carbonyl (C=O) groups is 2. The Labute approximate surface area is 114 Å². The van der Waals surface area contributed by atoms with Crippen LogP contribution in [0.3, 0.4) is 0 Å². The number of nitrogens with zero attached hydrogens (tertiary/aromatic N) is 2. The SMILES string of the molecule is CCOC(=O)N1C(=O)N(C)[C@@H](C)[C@H]1C1CCCCC1. The van der Waals surface area contributed by atoms with Crippen LogP contribution in [0, 0.1) is 5.92 Å². The maximum atomic E-state index is 12.2. The zero-order valence-corrected chi connectivity index (χ0v) is 12.1. The van der Waals surface area contributed by atoms with Gasteiger partial charge in [0.05, 0.1) is 18.7 Å². The fourth-order valence-electron chi connectivity index (χ4n) is 3.39. The number of likely N-dealkylation sites (N-methyl/N-ethyl adjacent to an activating group) is 1. The summed E-state index contributed by atoms with van der Waals surface area (Å²) in [5.41, 5.74) is 0. The second kappa shape index (κ2) is 5.80. The topological polar surface area (TPSA) is 49.9 Å². The van der Waals surface area contributed by atoms with E-state index in [2.05, 4.69) is 0 Å². The molecule has 2 aliphatic rings. The summed E-state index contributed by atoms with van der Waals surface area (Å²) in [6.07, 6.45) is 5.38. The van der Waals surface area contributed by atoms with Crippen LogP contribution in [-0.2, 0) is 4.74 Å². The van der Waals surface area contributed by atoms with Gasteiger partial charge >= 0.3 is 12.1 Å². The highest BCUT2D eigenvalue weighted by Crippen LogP contribution is 2.36. The van der Waals surface area contributed by atoms with E-state index in [1.54, 1.807) is 18.9 Å². The van der Waals surface area contributed by atoms with E-state index in [4.69, 9.17) is 4.74 Å². The van der Waals surface area contributed by atoms with Gasteiger partial charge in [-0.3, -0.25) is 0 Å². The monoisotopic (exact) mass is 268 g/mol. The van der Waals surface area contributed by atoms with Crippen molar-refractivity contribution in [1.82, 2.24) is 9.80 Å². The van der Waals surface area contributed by atoms with Gasteiger partial charge in [0, 0.05) is 7.05 Å². The molecular weight excluding hydrogens is 244 g/mol. The maximum Gasteiger partial charge on any atom is 0.418 e. The van der Waals surface area contributed by atoms with E-state index in [0.29, 0.717) is 12.5 Å². The molecule has 0 N–H and O–H groups in total. The predicted octanol–water partition coefficient (Wildman–Crippen LogP) is 2.85. The first-order chi connectivity index (χ1) is 9.07. The molecule has 0 bridgehead atoms. The first-order valence-corrected chi connectivity index (χ1v) is 7.30. The number of ether oxygens (including phenoxy) is 1. The third-order valence-corrected chi connectivity index (χ3v) is 4.51. The molecule has 0 aromatic heterocycles. The van der Waals surface area contributed by atoms with Gasteiger partial charge in [0.2, 0.25) is 0 Å². The molecule has 108 valence electrons. The highest BCUT2D eigenvalue weighted by Gasteiger charge is 2.49. The molecule has 0 radical (unpaired) electrons. The van der Waals surface area contributed by atoms with Gasteiger partial charge in [-0.15, -0.1) is 0 Å². The van der Waals surface area contributed by atoms with Gasteiger partial charge in [0.25, 0.3) is 0 Å². The van der Waals surface area contributed by atoms with Crippen molar-refractivity contribution in [2.45, 2.75) is 58.0 Å². The number of hydrogen-bond acceptors (Lipinski definition) is 3.